The van der Waals surface area contributed by atoms with E-state index in [-0.39, 0.29) is 18.9 Å². The zero-order valence-electron chi connectivity index (χ0n) is 14.3. The Balaban J connectivity index is 2.00. The van der Waals surface area contributed by atoms with Crippen molar-refractivity contribution in [3.63, 3.8) is 0 Å². The van der Waals surface area contributed by atoms with Crippen molar-refractivity contribution < 1.29 is 14.6 Å². The molecule has 1 aromatic carbocycles. The maximum atomic E-state index is 12.3. The topological polar surface area (TPSA) is 71.5 Å². The van der Waals surface area contributed by atoms with Gasteiger partial charge in [-0.3, -0.25) is 4.79 Å². The van der Waals surface area contributed by atoms with Crippen LogP contribution in [0, 0.1) is 6.92 Å². The summed E-state index contributed by atoms with van der Waals surface area (Å²) in [6.07, 6.45) is 0.658. The lowest BCUT2D eigenvalue weighted by Crippen LogP contribution is -2.50. The molecule has 1 aromatic heterocycles. The normalized spacial score (nSPS) is 13.5. The number of nitrogens with one attached hydrogen (secondary N) is 1. The molecule has 130 valence electrons. The molecule has 6 heteroatoms. The smallest absolute Gasteiger partial charge is 0.226 e. The van der Waals surface area contributed by atoms with Gasteiger partial charge in [0.2, 0.25) is 5.91 Å². The van der Waals surface area contributed by atoms with Gasteiger partial charge in [-0.2, -0.15) is 0 Å². The summed E-state index contributed by atoms with van der Waals surface area (Å²) in [6, 6.07) is 8.17. The van der Waals surface area contributed by atoms with Crippen molar-refractivity contribution in [2.45, 2.75) is 32.2 Å². The Labute approximate surface area is 146 Å². The molecule has 0 fully saturated rings. The number of nitrogens with zero attached hydrogens (tertiary/aromatic N) is 1. The number of aryl methyl sites for hydroxylation is 1. The SMILES string of the molecule is COCC(C)(CCO)NC(=O)Cc1csc(-c2ccc(C)cc2)n1. The van der Waals surface area contributed by atoms with Crippen LogP contribution in [0.1, 0.15) is 24.6 Å². The molecule has 1 heterocycles. The fraction of sp³-hybridized carbons (Fsp3) is 0.444. The molecule has 1 unspecified atom stereocenters. The van der Waals surface area contributed by atoms with Gasteiger partial charge < -0.3 is 15.2 Å². The van der Waals surface area contributed by atoms with E-state index < -0.39 is 5.54 Å². The molecule has 0 aliphatic carbocycles. The van der Waals surface area contributed by atoms with E-state index in [1.54, 1.807) is 7.11 Å². The van der Waals surface area contributed by atoms with Crippen LogP contribution in [-0.2, 0) is 16.0 Å². The Hall–Kier alpha value is -1.76. The Morgan fingerprint density at radius 2 is 2.08 bits per heavy atom. The number of thiazole rings is 1. The van der Waals surface area contributed by atoms with Gasteiger partial charge in [-0.25, -0.2) is 4.98 Å². The van der Waals surface area contributed by atoms with E-state index >= 15 is 0 Å². The summed E-state index contributed by atoms with van der Waals surface area (Å²) < 4.78 is 5.14. The highest BCUT2D eigenvalue weighted by atomic mass is 32.1. The van der Waals surface area contributed by atoms with Crippen LogP contribution in [0.25, 0.3) is 10.6 Å². The minimum atomic E-state index is -0.573. The second-order valence-corrected chi connectivity index (χ2v) is 7.06. The molecule has 2 N–H and O–H groups in total. The van der Waals surface area contributed by atoms with E-state index in [0.717, 1.165) is 16.3 Å². The van der Waals surface area contributed by atoms with Crippen molar-refractivity contribution in [1.82, 2.24) is 10.3 Å². The van der Waals surface area contributed by atoms with E-state index in [9.17, 15) is 4.79 Å². The molecule has 24 heavy (non-hydrogen) atoms. The highest BCUT2D eigenvalue weighted by Crippen LogP contribution is 2.24. The van der Waals surface area contributed by atoms with Crippen molar-refractivity contribution in [2.75, 3.05) is 20.3 Å². The minimum Gasteiger partial charge on any atom is -0.396 e. The number of ether oxygens (including phenoxy) is 1. The Morgan fingerprint density at radius 3 is 2.71 bits per heavy atom. The zero-order chi connectivity index (χ0) is 17.6. The first-order valence-electron chi connectivity index (χ1n) is 7.88. The number of benzene rings is 1. The minimum absolute atomic E-state index is 0.00554. The van der Waals surface area contributed by atoms with Gasteiger partial charge in [0.1, 0.15) is 5.01 Å². The highest BCUT2D eigenvalue weighted by molar-refractivity contribution is 7.13. The van der Waals surface area contributed by atoms with Crippen LogP contribution in [0.4, 0.5) is 0 Å². The van der Waals surface area contributed by atoms with Gasteiger partial charge >= 0.3 is 0 Å². The maximum absolute atomic E-state index is 12.3. The quantitative estimate of drug-likeness (QED) is 0.769. The number of carbonyl (C=O) groups excluding carboxylic acids is 1. The summed E-state index contributed by atoms with van der Waals surface area (Å²) in [5, 5.41) is 14.9. The number of rotatable bonds is 8. The average Bonchev–Trinajstić information content (AvgIpc) is 2.96. The molecule has 2 rings (SSSR count). The third-order valence-electron chi connectivity index (χ3n) is 3.76. The van der Waals surface area contributed by atoms with Gasteiger partial charge in [0, 0.05) is 24.7 Å². The van der Waals surface area contributed by atoms with Crippen LogP contribution in [-0.4, -0.2) is 41.9 Å². The number of hydrogen-bond donors (Lipinski definition) is 2. The molecule has 0 bridgehead atoms. The van der Waals surface area contributed by atoms with Gasteiger partial charge in [-0.1, -0.05) is 29.8 Å². The fourth-order valence-electron chi connectivity index (χ4n) is 2.50. The van der Waals surface area contributed by atoms with Crippen molar-refractivity contribution in [3.8, 4) is 10.6 Å². The Kier molecular flexibility index (Phi) is 6.48. The highest BCUT2D eigenvalue weighted by Gasteiger charge is 2.26. The van der Waals surface area contributed by atoms with Gasteiger partial charge in [-0.15, -0.1) is 11.3 Å². The monoisotopic (exact) mass is 348 g/mol. The molecule has 0 saturated carbocycles. The van der Waals surface area contributed by atoms with Crippen LogP contribution < -0.4 is 5.32 Å². The number of amides is 1. The first-order valence-corrected chi connectivity index (χ1v) is 8.76. The zero-order valence-corrected chi connectivity index (χ0v) is 15.2. The number of carbonyl (C=O) groups is 1. The molecule has 0 aliphatic heterocycles. The second kappa shape index (κ2) is 8.37. The van der Waals surface area contributed by atoms with Crippen molar-refractivity contribution in [1.29, 1.82) is 0 Å². The predicted octanol–water partition coefficient (Wildman–Crippen LogP) is 2.56. The summed E-state index contributed by atoms with van der Waals surface area (Å²) in [6.45, 7) is 4.26. The molecule has 0 radical (unpaired) electrons. The third-order valence-corrected chi connectivity index (χ3v) is 4.70. The van der Waals surface area contributed by atoms with Crippen LogP contribution in [0.3, 0.4) is 0 Å². The largest absolute Gasteiger partial charge is 0.396 e. The van der Waals surface area contributed by atoms with Crippen molar-refractivity contribution in [3.05, 3.63) is 40.9 Å². The average molecular weight is 348 g/mol. The van der Waals surface area contributed by atoms with Crippen molar-refractivity contribution in [2.24, 2.45) is 0 Å². The van der Waals surface area contributed by atoms with Crippen molar-refractivity contribution >= 4 is 17.2 Å². The van der Waals surface area contributed by atoms with Crippen LogP contribution in [0.5, 0.6) is 0 Å². The molecular formula is C18H24N2O3S. The summed E-state index contributed by atoms with van der Waals surface area (Å²) in [4.78, 5) is 16.8. The predicted molar refractivity (Wildman–Crippen MR) is 96.1 cm³/mol. The van der Waals surface area contributed by atoms with E-state index in [1.807, 2.05) is 43.5 Å². The van der Waals surface area contributed by atoms with Crippen LogP contribution in [0.15, 0.2) is 29.6 Å². The number of hydrogen-bond acceptors (Lipinski definition) is 5. The molecule has 1 atom stereocenters. The van der Waals surface area contributed by atoms with Gasteiger partial charge in [0.05, 0.1) is 24.3 Å². The second-order valence-electron chi connectivity index (χ2n) is 6.20. The van der Waals surface area contributed by atoms with Gasteiger partial charge in [0.15, 0.2) is 0 Å². The molecule has 2 aromatic rings. The van der Waals surface area contributed by atoms with E-state index in [0.29, 0.717) is 13.0 Å². The number of aromatic nitrogens is 1. The van der Waals surface area contributed by atoms with E-state index in [2.05, 4.69) is 10.3 Å². The number of methoxy groups -OCH3 is 1. The van der Waals surface area contributed by atoms with Gasteiger partial charge in [0.25, 0.3) is 0 Å². The molecule has 1 amide bonds. The Morgan fingerprint density at radius 1 is 1.38 bits per heavy atom. The first kappa shape index (κ1) is 18.6. The lowest BCUT2D eigenvalue weighted by Gasteiger charge is -2.29. The summed E-state index contributed by atoms with van der Waals surface area (Å²) >= 11 is 1.53. The van der Waals surface area contributed by atoms with E-state index in [1.165, 1.54) is 16.9 Å². The van der Waals surface area contributed by atoms with Crippen LogP contribution >= 0.6 is 11.3 Å². The molecule has 0 spiro atoms. The first-order chi connectivity index (χ1) is 11.5. The number of aliphatic hydroxyl groups is 1. The van der Waals surface area contributed by atoms with E-state index in [4.69, 9.17) is 9.84 Å². The molecule has 0 saturated heterocycles. The summed E-state index contributed by atoms with van der Waals surface area (Å²) in [5.41, 5.74) is 2.44. The Bertz CT molecular complexity index is 661. The number of aliphatic hydroxyl groups excluding tert-OH is 1. The summed E-state index contributed by atoms with van der Waals surface area (Å²) in [7, 11) is 1.58. The standard InChI is InChI=1S/C18H24N2O3S/c1-13-4-6-14(7-5-13)17-19-15(11-24-17)10-16(22)20-18(2,8-9-21)12-23-3/h4-7,11,21H,8-10,12H2,1-3H3,(H,20,22). The maximum Gasteiger partial charge on any atom is 0.226 e. The summed E-state index contributed by atoms with van der Waals surface area (Å²) in [5.74, 6) is -0.122. The lowest BCUT2D eigenvalue weighted by atomic mass is 9.99. The molecule has 5 nitrogen and oxygen atoms in total. The van der Waals surface area contributed by atoms with Crippen LogP contribution in [0.2, 0.25) is 0 Å². The lowest BCUT2D eigenvalue weighted by molar-refractivity contribution is -0.123. The van der Waals surface area contributed by atoms with Gasteiger partial charge in [-0.05, 0) is 20.3 Å². The fourth-order valence-corrected chi connectivity index (χ4v) is 3.32. The molecule has 0 aliphatic rings. The third kappa shape index (κ3) is 5.12. The molecular weight excluding hydrogens is 324 g/mol.